The zero-order valence-electron chi connectivity index (χ0n) is 11.6. The van der Waals surface area contributed by atoms with Gasteiger partial charge in [-0.2, -0.15) is 0 Å². The van der Waals surface area contributed by atoms with Crippen molar-refractivity contribution < 1.29 is 14.3 Å². The number of benzene rings is 1. The normalized spacial score (nSPS) is 15.4. The Bertz CT molecular complexity index is 439. The van der Waals surface area contributed by atoms with E-state index in [-0.39, 0.29) is 5.91 Å². The molecule has 1 saturated heterocycles. The highest BCUT2D eigenvalue weighted by Crippen LogP contribution is 2.18. The number of hydrogen-bond donors (Lipinski definition) is 0. The predicted molar refractivity (Wildman–Crippen MR) is 73.4 cm³/mol. The molecule has 1 heterocycles. The summed E-state index contributed by atoms with van der Waals surface area (Å²) in [5, 5.41) is 0. The lowest BCUT2D eigenvalue weighted by Gasteiger charge is -2.26. The van der Waals surface area contributed by atoms with Crippen molar-refractivity contribution in [3.8, 4) is 5.75 Å². The van der Waals surface area contributed by atoms with Crippen molar-refractivity contribution in [1.29, 1.82) is 0 Å². The van der Waals surface area contributed by atoms with E-state index >= 15 is 0 Å². The largest absolute Gasteiger partial charge is 0.493 e. The molecule has 0 aromatic heterocycles. The molecule has 1 fully saturated rings. The Morgan fingerprint density at radius 3 is 2.74 bits per heavy atom. The predicted octanol–water partition coefficient (Wildman–Crippen LogP) is 1.93. The topological polar surface area (TPSA) is 38.8 Å². The monoisotopic (exact) mass is 263 g/mol. The van der Waals surface area contributed by atoms with Gasteiger partial charge in [0, 0.05) is 13.1 Å². The molecule has 4 heteroatoms. The number of rotatable bonds is 4. The molecule has 2 rings (SSSR count). The third-order valence-electron chi connectivity index (χ3n) is 3.27. The van der Waals surface area contributed by atoms with Gasteiger partial charge in [0.25, 0.3) is 0 Å². The number of aryl methyl sites for hydroxylation is 2. The average molecular weight is 263 g/mol. The molecule has 0 aliphatic carbocycles. The van der Waals surface area contributed by atoms with E-state index in [2.05, 4.69) is 13.0 Å². The summed E-state index contributed by atoms with van der Waals surface area (Å²) in [7, 11) is 0. The van der Waals surface area contributed by atoms with Crippen LogP contribution in [0.15, 0.2) is 18.2 Å². The van der Waals surface area contributed by atoms with Crippen molar-refractivity contribution >= 4 is 5.91 Å². The molecule has 1 amide bonds. The highest BCUT2D eigenvalue weighted by atomic mass is 16.5. The summed E-state index contributed by atoms with van der Waals surface area (Å²) in [6.45, 7) is 7.18. The number of nitrogens with zero attached hydrogens (tertiary/aromatic N) is 1. The fourth-order valence-electron chi connectivity index (χ4n) is 2.18. The van der Waals surface area contributed by atoms with E-state index in [0.29, 0.717) is 39.3 Å². The quantitative estimate of drug-likeness (QED) is 0.833. The maximum Gasteiger partial charge on any atom is 0.226 e. The van der Waals surface area contributed by atoms with Crippen LogP contribution < -0.4 is 4.74 Å². The molecule has 4 nitrogen and oxygen atoms in total. The van der Waals surface area contributed by atoms with Crippen LogP contribution in [-0.4, -0.2) is 43.7 Å². The lowest BCUT2D eigenvalue weighted by Crippen LogP contribution is -2.41. The molecule has 0 N–H and O–H groups in total. The fourth-order valence-corrected chi connectivity index (χ4v) is 2.18. The maximum atomic E-state index is 11.9. The van der Waals surface area contributed by atoms with Gasteiger partial charge in [0.1, 0.15) is 5.75 Å². The Morgan fingerprint density at radius 1 is 1.32 bits per heavy atom. The van der Waals surface area contributed by atoms with Crippen molar-refractivity contribution in [1.82, 2.24) is 4.90 Å². The Hall–Kier alpha value is -1.55. The summed E-state index contributed by atoms with van der Waals surface area (Å²) in [6.07, 6.45) is 0.424. The summed E-state index contributed by atoms with van der Waals surface area (Å²) in [6, 6.07) is 6.06. The molecule has 104 valence electrons. The molecule has 0 spiro atoms. The fraction of sp³-hybridized carbons (Fsp3) is 0.533. The van der Waals surface area contributed by atoms with Crippen molar-refractivity contribution in [2.24, 2.45) is 0 Å². The van der Waals surface area contributed by atoms with Crippen LogP contribution in [0.5, 0.6) is 5.75 Å². The number of ether oxygens (including phenoxy) is 2. The third kappa shape index (κ3) is 3.96. The summed E-state index contributed by atoms with van der Waals surface area (Å²) < 4.78 is 10.9. The molecule has 0 saturated carbocycles. The van der Waals surface area contributed by atoms with E-state index in [9.17, 15) is 4.79 Å². The Balaban J connectivity index is 1.78. The summed E-state index contributed by atoms with van der Waals surface area (Å²) in [5.41, 5.74) is 2.33. The second-order valence-corrected chi connectivity index (χ2v) is 4.86. The van der Waals surface area contributed by atoms with Crippen LogP contribution in [-0.2, 0) is 9.53 Å². The second-order valence-electron chi connectivity index (χ2n) is 4.86. The molecule has 1 aliphatic heterocycles. The van der Waals surface area contributed by atoms with Gasteiger partial charge < -0.3 is 14.4 Å². The van der Waals surface area contributed by atoms with Crippen LogP contribution in [0.1, 0.15) is 17.5 Å². The molecular weight excluding hydrogens is 242 g/mol. The zero-order valence-corrected chi connectivity index (χ0v) is 11.6. The van der Waals surface area contributed by atoms with Gasteiger partial charge in [-0.15, -0.1) is 0 Å². The first-order chi connectivity index (χ1) is 9.16. The first-order valence-electron chi connectivity index (χ1n) is 6.72. The Morgan fingerprint density at radius 2 is 2.05 bits per heavy atom. The highest BCUT2D eigenvalue weighted by Gasteiger charge is 2.16. The number of carbonyl (C=O) groups excluding carboxylic acids is 1. The number of amides is 1. The molecule has 1 aromatic carbocycles. The van der Waals surface area contributed by atoms with Gasteiger partial charge in [0.15, 0.2) is 0 Å². The van der Waals surface area contributed by atoms with Crippen molar-refractivity contribution in [2.75, 3.05) is 32.9 Å². The van der Waals surface area contributed by atoms with Crippen molar-refractivity contribution in [3.63, 3.8) is 0 Å². The lowest BCUT2D eigenvalue weighted by molar-refractivity contribution is -0.135. The maximum absolute atomic E-state index is 11.9. The molecular formula is C15H21NO3. The minimum Gasteiger partial charge on any atom is -0.493 e. The van der Waals surface area contributed by atoms with Crippen LogP contribution >= 0.6 is 0 Å². The highest BCUT2D eigenvalue weighted by molar-refractivity contribution is 5.76. The molecule has 0 radical (unpaired) electrons. The molecule has 1 aliphatic rings. The minimum absolute atomic E-state index is 0.146. The standard InChI is InChI=1S/C15H21NO3/c1-12-3-4-14(13(2)11-12)19-8-5-15(17)16-6-9-18-10-7-16/h3-4,11H,5-10H2,1-2H3. The van der Waals surface area contributed by atoms with E-state index in [1.807, 2.05) is 24.0 Å². The zero-order chi connectivity index (χ0) is 13.7. The second kappa shape index (κ2) is 6.57. The third-order valence-corrected chi connectivity index (χ3v) is 3.27. The Kier molecular flexibility index (Phi) is 4.80. The van der Waals surface area contributed by atoms with Crippen LogP contribution in [0.25, 0.3) is 0 Å². The van der Waals surface area contributed by atoms with Gasteiger partial charge in [-0.3, -0.25) is 4.79 Å². The smallest absolute Gasteiger partial charge is 0.226 e. The molecule has 0 unspecified atom stereocenters. The Labute approximate surface area is 114 Å². The van der Waals surface area contributed by atoms with Gasteiger partial charge in [0.05, 0.1) is 26.2 Å². The van der Waals surface area contributed by atoms with Crippen LogP contribution in [0.4, 0.5) is 0 Å². The van der Waals surface area contributed by atoms with E-state index < -0.39 is 0 Å². The summed E-state index contributed by atoms with van der Waals surface area (Å²) in [4.78, 5) is 13.8. The van der Waals surface area contributed by atoms with Gasteiger partial charge in [0.2, 0.25) is 5.91 Å². The minimum atomic E-state index is 0.146. The van der Waals surface area contributed by atoms with Gasteiger partial charge in [-0.1, -0.05) is 17.7 Å². The average Bonchev–Trinajstić information content (AvgIpc) is 2.42. The number of hydrogen-bond acceptors (Lipinski definition) is 3. The molecule has 19 heavy (non-hydrogen) atoms. The molecule has 0 atom stereocenters. The SMILES string of the molecule is Cc1ccc(OCCC(=O)N2CCOCC2)c(C)c1. The van der Waals surface area contributed by atoms with Crippen molar-refractivity contribution in [3.05, 3.63) is 29.3 Å². The summed E-state index contributed by atoms with van der Waals surface area (Å²) >= 11 is 0. The first kappa shape index (κ1) is 13.9. The van der Waals surface area contributed by atoms with Gasteiger partial charge >= 0.3 is 0 Å². The van der Waals surface area contributed by atoms with Crippen LogP contribution in [0, 0.1) is 13.8 Å². The number of morpholine rings is 1. The molecule has 0 bridgehead atoms. The van der Waals surface area contributed by atoms with Crippen LogP contribution in [0.2, 0.25) is 0 Å². The molecule has 1 aromatic rings. The van der Waals surface area contributed by atoms with Gasteiger partial charge in [-0.25, -0.2) is 0 Å². The van der Waals surface area contributed by atoms with Gasteiger partial charge in [-0.05, 0) is 25.5 Å². The number of carbonyl (C=O) groups is 1. The van der Waals surface area contributed by atoms with E-state index in [0.717, 1.165) is 11.3 Å². The lowest BCUT2D eigenvalue weighted by atomic mass is 10.1. The van der Waals surface area contributed by atoms with Crippen molar-refractivity contribution in [2.45, 2.75) is 20.3 Å². The van der Waals surface area contributed by atoms with E-state index in [1.165, 1.54) is 5.56 Å². The first-order valence-corrected chi connectivity index (χ1v) is 6.72. The summed E-state index contributed by atoms with van der Waals surface area (Å²) in [5.74, 6) is 1.01. The van der Waals surface area contributed by atoms with Crippen LogP contribution in [0.3, 0.4) is 0 Å². The van der Waals surface area contributed by atoms with E-state index in [4.69, 9.17) is 9.47 Å². The van der Waals surface area contributed by atoms with E-state index in [1.54, 1.807) is 0 Å².